The molecule has 0 aliphatic carbocycles. The predicted molar refractivity (Wildman–Crippen MR) is 118 cm³/mol. The Labute approximate surface area is 184 Å². The standard InChI is InChI=1S/C22H23N5O5/c1-22(2,3)17-11-18(27-32-17)26-21(30)25-15-8-6-14(7-9-15)24-19(28)16-10-5-13(12-23-16)20(29)31-4/h5-12H,1-4H3,(H,24,28)(H2,25,26,27,30). The van der Waals surface area contributed by atoms with Crippen molar-refractivity contribution in [1.82, 2.24) is 10.1 Å². The van der Waals surface area contributed by atoms with Crippen LogP contribution in [0.1, 0.15) is 47.4 Å². The largest absolute Gasteiger partial charge is 0.465 e. The molecule has 0 aliphatic rings. The lowest BCUT2D eigenvalue weighted by atomic mass is 9.93. The maximum absolute atomic E-state index is 12.3. The van der Waals surface area contributed by atoms with E-state index in [2.05, 4.69) is 30.8 Å². The van der Waals surface area contributed by atoms with E-state index in [4.69, 9.17) is 4.52 Å². The summed E-state index contributed by atoms with van der Waals surface area (Å²) in [6.45, 7) is 5.93. The third-order valence-corrected chi connectivity index (χ3v) is 4.31. The van der Waals surface area contributed by atoms with Crippen molar-refractivity contribution in [1.29, 1.82) is 0 Å². The minimum Gasteiger partial charge on any atom is -0.465 e. The Morgan fingerprint density at radius 2 is 1.59 bits per heavy atom. The minimum absolute atomic E-state index is 0.140. The summed E-state index contributed by atoms with van der Waals surface area (Å²) in [7, 11) is 1.27. The van der Waals surface area contributed by atoms with Crippen molar-refractivity contribution in [3.05, 3.63) is 65.7 Å². The Bertz CT molecular complexity index is 1110. The van der Waals surface area contributed by atoms with Crippen LogP contribution in [0.25, 0.3) is 0 Å². The van der Waals surface area contributed by atoms with E-state index < -0.39 is 17.9 Å². The lowest BCUT2D eigenvalue weighted by Crippen LogP contribution is -2.19. The van der Waals surface area contributed by atoms with Crippen molar-refractivity contribution in [2.75, 3.05) is 23.1 Å². The number of hydrogen-bond donors (Lipinski definition) is 3. The van der Waals surface area contributed by atoms with Gasteiger partial charge in [-0.25, -0.2) is 9.59 Å². The van der Waals surface area contributed by atoms with Gasteiger partial charge in [-0.05, 0) is 36.4 Å². The second-order valence-electron chi connectivity index (χ2n) is 7.86. The third kappa shape index (κ3) is 5.69. The van der Waals surface area contributed by atoms with Crippen LogP contribution in [-0.2, 0) is 10.2 Å². The highest BCUT2D eigenvalue weighted by Crippen LogP contribution is 2.24. The van der Waals surface area contributed by atoms with Gasteiger partial charge in [0.1, 0.15) is 11.5 Å². The zero-order valence-corrected chi connectivity index (χ0v) is 18.1. The number of methoxy groups -OCH3 is 1. The van der Waals surface area contributed by atoms with Crippen LogP contribution in [0.5, 0.6) is 0 Å². The van der Waals surface area contributed by atoms with Gasteiger partial charge >= 0.3 is 12.0 Å². The zero-order chi connectivity index (χ0) is 23.3. The molecule has 0 saturated carbocycles. The maximum atomic E-state index is 12.3. The molecule has 0 aliphatic heterocycles. The molecule has 2 aromatic heterocycles. The topological polar surface area (TPSA) is 135 Å². The average molecular weight is 437 g/mol. The van der Waals surface area contributed by atoms with Crippen LogP contribution >= 0.6 is 0 Å². The molecule has 0 unspecified atom stereocenters. The summed E-state index contributed by atoms with van der Waals surface area (Å²) in [6.07, 6.45) is 1.27. The van der Waals surface area contributed by atoms with Crippen LogP contribution in [0, 0.1) is 0 Å². The van der Waals surface area contributed by atoms with Crippen molar-refractivity contribution in [3.8, 4) is 0 Å². The molecule has 0 fully saturated rings. The fourth-order valence-electron chi connectivity index (χ4n) is 2.57. The minimum atomic E-state index is -0.533. The molecule has 32 heavy (non-hydrogen) atoms. The number of ether oxygens (including phenoxy) is 1. The van der Waals surface area contributed by atoms with Crippen LogP contribution in [0.3, 0.4) is 0 Å². The highest BCUT2D eigenvalue weighted by atomic mass is 16.5. The fourth-order valence-corrected chi connectivity index (χ4v) is 2.57. The van der Waals surface area contributed by atoms with Gasteiger partial charge in [0, 0.05) is 29.1 Å². The van der Waals surface area contributed by atoms with Crippen LogP contribution in [0.2, 0.25) is 0 Å². The molecule has 2 heterocycles. The number of pyridine rings is 1. The molecular formula is C22H23N5O5. The molecule has 166 valence electrons. The number of aromatic nitrogens is 2. The number of anilines is 3. The van der Waals surface area contributed by atoms with E-state index in [1.165, 1.54) is 25.4 Å². The summed E-state index contributed by atoms with van der Waals surface area (Å²) in [5, 5.41) is 11.8. The Kier molecular flexibility index (Phi) is 6.53. The molecule has 3 N–H and O–H groups in total. The molecule has 0 saturated heterocycles. The number of carbonyl (C=O) groups is 3. The summed E-state index contributed by atoms with van der Waals surface area (Å²) < 4.78 is 9.83. The van der Waals surface area contributed by atoms with Crippen molar-refractivity contribution in [2.24, 2.45) is 0 Å². The highest BCUT2D eigenvalue weighted by molar-refractivity contribution is 6.03. The Balaban J connectivity index is 1.55. The molecule has 3 aromatic rings. The third-order valence-electron chi connectivity index (χ3n) is 4.31. The number of rotatable bonds is 5. The summed E-state index contributed by atoms with van der Waals surface area (Å²) in [4.78, 5) is 39.9. The number of nitrogens with zero attached hydrogens (tertiary/aromatic N) is 2. The molecule has 0 radical (unpaired) electrons. The lowest BCUT2D eigenvalue weighted by Gasteiger charge is -2.12. The van der Waals surface area contributed by atoms with Gasteiger partial charge in [0.25, 0.3) is 5.91 Å². The van der Waals surface area contributed by atoms with Gasteiger partial charge in [0.15, 0.2) is 5.82 Å². The maximum Gasteiger partial charge on any atom is 0.339 e. The van der Waals surface area contributed by atoms with E-state index in [0.717, 1.165) is 0 Å². The van der Waals surface area contributed by atoms with E-state index in [0.29, 0.717) is 23.0 Å². The number of esters is 1. The molecule has 3 rings (SSSR count). The summed E-state index contributed by atoms with van der Waals surface area (Å²) in [5.74, 6) is -0.0142. The van der Waals surface area contributed by atoms with Gasteiger partial charge in [-0.1, -0.05) is 25.9 Å². The van der Waals surface area contributed by atoms with Gasteiger partial charge < -0.3 is 19.9 Å². The second-order valence-corrected chi connectivity index (χ2v) is 7.86. The SMILES string of the molecule is COC(=O)c1ccc(C(=O)Nc2ccc(NC(=O)Nc3cc(C(C)(C)C)on3)cc2)nc1. The fraction of sp³-hybridized carbons (Fsp3) is 0.227. The second kappa shape index (κ2) is 9.29. The molecule has 1 aromatic carbocycles. The van der Waals surface area contributed by atoms with Crippen LogP contribution in [0.15, 0.2) is 53.2 Å². The monoisotopic (exact) mass is 437 g/mol. The van der Waals surface area contributed by atoms with E-state index in [9.17, 15) is 14.4 Å². The molecule has 3 amide bonds. The average Bonchev–Trinajstić information content (AvgIpc) is 3.23. The number of benzene rings is 1. The van der Waals surface area contributed by atoms with E-state index in [1.807, 2.05) is 20.8 Å². The first-order valence-electron chi connectivity index (χ1n) is 9.66. The van der Waals surface area contributed by atoms with Gasteiger partial charge in [0.05, 0.1) is 12.7 Å². The normalized spacial score (nSPS) is 10.9. The predicted octanol–water partition coefficient (Wildman–Crippen LogP) is 4.05. The number of urea groups is 1. The molecule has 0 atom stereocenters. The molecule has 0 spiro atoms. The molecule has 10 nitrogen and oxygen atoms in total. The van der Waals surface area contributed by atoms with Gasteiger partial charge in [0.2, 0.25) is 0 Å². The Morgan fingerprint density at radius 1 is 0.938 bits per heavy atom. The quantitative estimate of drug-likeness (QED) is 0.512. The Morgan fingerprint density at radius 3 is 2.12 bits per heavy atom. The molecule has 10 heteroatoms. The Hall–Kier alpha value is -4.21. The first-order valence-corrected chi connectivity index (χ1v) is 9.66. The molecule has 0 bridgehead atoms. The number of hydrogen-bond acceptors (Lipinski definition) is 7. The van der Waals surface area contributed by atoms with Crippen LogP contribution < -0.4 is 16.0 Å². The van der Waals surface area contributed by atoms with E-state index in [-0.39, 0.29) is 16.7 Å². The van der Waals surface area contributed by atoms with Crippen molar-refractivity contribution >= 4 is 35.1 Å². The van der Waals surface area contributed by atoms with Crippen molar-refractivity contribution in [3.63, 3.8) is 0 Å². The first kappa shape index (κ1) is 22.5. The van der Waals surface area contributed by atoms with Crippen LogP contribution in [-0.4, -0.2) is 35.2 Å². The van der Waals surface area contributed by atoms with Crippen molar-refractivity contribution < 1.29 is 23.6 Å². The summed E-state index contributed by atoms with van der Waals surface area (Å²) in [5.41, 5.74) is 1.19. The van der Waals surface area contributed by atoms with Crippen LogP contribution in [0.4, 0.5) is 22.0 Å². The highest BCUT2D eigenvalue weighted by Gasteiger charge is 2.20. The summed E-state index contributed by atoms with van der Waals surface area (Å²) in [6, 6.07) is 10.6. The molecular weight excluding hydrogens is 414 g/mol. The smallest absolute Gasteiger partial charge is 0.339 e. The first-order chi connectivity index (χ1) is 15.2. The lowest BCUT2D eigenvalue weighted by molar-refractivity contribution is 0.0599. The zero-order valence-electron chi connectivity index (χ0n) is 18.1. The van der Waals surface area contributed by atoms with Gasteiger partial charge in [-0.3, -0.25) is 15.1 Å². The van der Waals surface area contributed by atoms with Gasteiger partial charge in [-0.15, -0.1) is 0 Å². The number of nitrogens with one attached hydrogen (secondary N) is 3. The van der Waals surface area contributed by atoms with E-state index >= 15 is 0 Å². The summed E-state index contributed by atoms with van der Waals surface area (Å²) >= 11 is 0. The van der Waals surface area contributed by atoms with Gasteiger partial charge in [-0.2, -0.15) is 0 Å². The number of carbonyl (C=O) groups excluding carboxylic acids is 3. The number of amides is 3. The van der Waals surface area contributed by atoms with Crippen molar-refractivity contribution in [2.45, 2.75) is 26.2 Å². The van der Waals surface area contributed by atoms with E-state index in [1.54, 1.807) is 30.3 Å².